The Bertz CT molecular complexity index is 832. The summed E-state index contributed by atoms with van der Waals surface area (Å²) in [6.45, 7) is 1.45. The van der Waals surface area contributed by atoms with Crippen LogP contribution in [0.15, 0.2) is 48.5 Å². The molecule has 1 saturated heterocycles. The molecule has 1 aliphatic heterocycles. The van der Waals surface area contributed by atoms with Crippen LogP contribution in [0.25, 0.3) is 11.1 Å². The van der Waals surface area contributed by atoms with Gasteiger partial charge in [0.05, 0.1) is 0 Å². The summed E-state index contributed by atoms with van der Waals surface area (Å²) in [5, 5.41) is 17.5. The van der Waals surface area contributed by atoms with Crippen molar-refractivity contribution in [2.45, 2.75) is 19.1 Å². The normalized spacial score (nSPS) is 17.6. The summed E-state index contributed by atoms with van der Waals surface area (Å²) in [7, 11) is 0. The second kappa shape index (κ2) is 6.74. The second-order valence-corrected chi connectivity index (χ2v) is 5.77. The fraction of sp³-hybridized carbons (Fsp3) is 0.167. The lowest BCUT2D eigenvalue weighted by Crippen LogP contribution is -2.35. The second-order valence-electron chi connectivity index (χ2n) is 5.77. The molecule has 2 aromatic rings. The maximum atomic E-state index is 11.6. The first-order valence-electron chi connectivity index (χ1n) is 7.71. The number of carbonyl (C=O) groups excluding carboxylic acids is 3. The van der Waals surface area contributed by atoms with Crippen molar-refractivity contribution >= 4 is 23.5 Å². The molecule has 2 atom stereocenters. The van der Waals surface area contributed by atoms with Crippen molar-refractivity contribution in [3.63, 3.8) is 0 Å². The number of imide groups is 1. The minimum absolute atomic E-state index is 0.146. The number of aliphatic hydroxyl groups excluding tert-OH is 1. The van der Waals surface area contributed by atoms with E-state index in [0.29, 0.717) is 11.3 Å². The monoisotopic (exact) mass is 339 g/mol. The van der Waals surface area contributed by atoms with Gasteiger partial charge in [-0.1, -0.05) is 36.4 Å². The van der Waals surface area contributed by atoms with Crippen molar-refractivity contribution in [2.24, 2.45) is 0 Å². The number of hydrogen-bond donors (Lipinski definition) is 4. The van der Waals surface area contributed by atoms with E-state index in [9.17, 15) is 19.5 Å². The van der Waals surface area contributed by atoms with E-state index in [-0.39, 0.29) is 5.91 Å². The zero-order chi connectivity index (χ0) is 18.0. The highest BCUT2D eigenvalue weighted by Gasteiger charge is 2.35. The van der Waals surface area contributed by atoms with E-state index in [2.05, 4.69) is 16.0 Å². The molecular formula is C18H17N3O4. The molecule has 0 radical (unpaired) electrons. The lowest BCUT2D eigenvalue weighted by atomic mass is 9.98. The molecule has 2 aromatic carbocycles. The first-order chi connectivity index (χ1) is 11.9. The Hall–Kier alpha value is -3.19. The molecule has 0 saturated carbocycles. The topological polar surface area (TPSA) is 108 Å². The number of nitrogens with one attached hydrogen (secondary N) is 3. The average Bonchev–Trinajstić information content (AvgIpc) is 2.92. The van der Waals surface area contributed by atoms with E-state index in [1.54, 1.807) is 30.3 Å². The molecule has 2 unspecified atom stereocenters. The average molecular weight is 339 g/mol. The Morgan fingerprint density at radius 2 is 1.84 bits per heavy atom. The number of benzene rings is 2. The highest BCUT2D eigenvalue weighted by Crippen LogP contribution is 2.26. The molecule has 1 heterocycles. The van der Waals surface area contributed by atoms with Gasteiger partial charge in [-0.2, -0.15) is 0 Å². The summed E-state index contributed by atoms with van der Waals surface area (Å²) >= 11 is 0. The quantitative estimate of drug-likeness (QED) is 0.634. The van der Waals surface area contributed by atoms with Crippen molar-refractivity contribution in [1.29, 1.82) is 0 Å². The minimum atomic E-state index is -1.13. The van der Waals surface area contributed by atoms with Gasteiger partial charge in [0.25, 0.3) is 5.91 Å². The van der Waals surface area contributed by atoms with Crippen LogP contribution in [0.2, 0.25) is 0 Å². The molecular weight excluding hydrogens is 322 g/mol. The number of aliphatic hydroxyl groups is 1. The number of carbonyl (C=O) groups is 3. The van der Waals surface area contributed by atoms with E-state index < -0.39 is 24.1 Å². The van der Waals surface area contributed by atoms with Gasteiger partial charge in [0.2, 0.25) is 5.91 Å². The molecule has 7 nitrogen and oxygen atoms in total. The third-order valence-corrected chi connectivity index (χ3v) is 3.89. The van der Waals surface area contributed by atoms with Gasteiger partial charge in [-0.25, -0.2) is 4.79 Å². The number of rotatable bonds is 4. The van der Waals surface area contributed by atoms with Gasteiger partial charge >= 0.3 is 6.03 Å². The highest BCUT2D eigenvalue weighted by atomic mass is 16.3. The molecule has 1 fully saturated rings. The van der Waals surface area contributed by atoms with Crippen LogP contribution in [0.3, 0.4) is 0 Å². The Morgan fingerprint density at radius 3 is 2.44 bits per heavy atom. The lowest BCUT2D eigenvalue weighted by Gasteiger charge is -2.16. The van der Waals surface area contributed by atoms with Crippen LogP contribution in [0, 0.1) is 0 Å². The van der Waals surface area contributed by atoms with E-state index in [4.69, 9.17) is 0 Å². The van der Waals surface area contributed by atoms with Gasteiger partial charge in [-0.05, 0) is 28.8 Å². The van der Waals surface area contributed by atoms with Crippen LogP contribution in [-0.4, -0.2) is 29.0 Å². The molecule has 0 aliphatic carbocycles. The predicted molar refractivity (Wildman–Crippen MR) is 91.6 cm³/mol. The van der Waals surface area contributed by atoms with Gasteiger partial charge in [-0.15, -0.1) is 0 Å². The van der Waals surface area contributed by atoms with Crippen LogP contribution >= 0.6 is 0 Å². The third kappa shape index (κ3) is 3.67. The smallest absolute Gasteiger partial charge is 0.322 e. The fourth-order valence-electron chi connectivity index (χ4n) is 2.70. The first-order valence-corrected chi connectivity index (χ1v) is 7.71. The SMILES string of the molecule is CC(=O)Nc1cccc(-c2ccc(C(O)C3NC(=O)NC3=O)cc2)c1. The van der Waals surface area contributed by atoms with Crippen LogP contribution in [0.1, 0.15) is 18.6 Å². The number of hydrogen-bond acceptors (Lipinski definition) is 4. The van der Waals surface area contributed by atoms with Crippen molar-refractivity contribution in [3.8, 4) is 11.1 Å². The summed E-state index contributed by atoms with van der Waals surface area (Å²) in [6, 6.07) is 12.8. The lowest BCUT2D eigenvalue weighted by molar-refractivity contribution is -0.122. The molecule has 0 aromatic heterocycles. The Kier molecular flexibility index (Phi) is 4.49. The molecule has 4 amide bonds. The van der Waals surface area contributed by atoms with Crippen LogP contribution in [0.5, 0.6) is 0 Å². The number of urea groups is 1. The van der Waals surface area contributed by atoms with Crippen LogP contribution in [-0.2, 0) is 9.59 Å². The Balaban J connectivity index is 1.79. The molecule has 4 N–H and O–H groups in total. The zero-order valence-corrected chi connectivity index (χ0v) is 13.4. The maximum Gasteiger partial charge on any atom is 0.322 e. The Labute approximate surface area is 144 Å². The molecule has 1 aliphatic rings. The summed E-state index contributed by atoms with van der Waals surface area (Å²) in [5.74, 6) is -0.697. The van der Waals surface area contributed by atoms with Crippen molar-refractivity contribution in [2.75, 3.05) is 5.32 Å². The van der Waals surface area contributed by atoms with E-state index in [1.165, 1.54) is 6.92 Å². The van der Waals surface area contributed by atoms with Crippen molar-refractivity contribution in [1.82, 2.24) is 10.6 Å². The number of anilines is 1. The zero-order valence-electron chi connectivity index (χ0n) is 13.4. The van der Waals surface area contributed by atoms with Gasteiger partial charge < -0.3 is 15.7 Å². The summed E-state index contributed by atoms with van der Waals surface area (Å²) in [5.41, 5.74) is 3.01. The van der Waals surface area contributed by atoms with E-state index >= 15 is 0 Å². The summed E-state index contributed by atoms with van der Waals surface area (Å²) in [6.07, 6.45) is -1.13. The molecule has 128 valence electrons. The fourth-order valence-corrected chi connectivity index (χ4v) is 2.70. The van der Waals surface area contributed by atoms with E-state index in [1.807, 2.05) is 18.2 Å². The largest absolute Gasteiger partial charge is 0.386 e. The predicted octanol–water partition coefficient (Wildman–Crippen LogP) is 1.55. The standard InChI is InChI=1S/C18H17N3O4/c1-10(22)19-14-4-2-3-13(9-14)11-5-7-12(8-6-11)16(23)15-17(24)21-18(25)20-15/h2-9,15-16,23H,1H3,(H,19,22)(H2,20,21,24,25). The van der Waals surface area contributed by atoms with E-state index in [0.717, 1.165) is 11.1 Å². The van der Waals surface area contributed by atoms with Gasteiger partial charge in [0, 0.05) is 12.6 Å². The van der Waals surface area contributed by atoms with Crippen molar-refractivity contribution < 1.29 is 19.5 Å². The molecule has 0 bridgehead atoms. The minimum Gasteiger partial charge on any atom is -0.386 e. The molecule has 3 rings (SSSR count). The highest BCUT2D eigenvalue weighted by molar-refractivity contribution is 6.04. The third-order valence-electron chi connectivity index (χ3n) is 3.89. The van der Waals surface area contributed by atoms with Gasteiger partial charge in [0.1, 0.15) is 12.1 Å². The maximum absolute atomic E-state index is 11.6. The van der Waals surface area contributed by atoms with Gasteiger partial charge in [0.15, 0.2) is 0 Å². The van der Waals surface area contributed by atoms with Gasteiger partial charge in [-0.3, -0.25) is 14.9 Å². The molecule has 25 heavy (non-hydrogen) atoms. The number of amides is 4. The molecule has 7 heteroatoms. The van der Waals surface area contributed by atoms with Crippen LogP contribution < -0.4 is 16.0 Å². The first kappa shape index (κ1) is 16.7. The summed E-state index contributed by atoms with van der Waals surface area (Å²) < 4.78 is 0. The summed E-state index contributed by atoms with van der Waals surface area (Å²) in [4.78, 5) is 33.9. The molecule has 0 spiro atoms. The Morgan fingerprint density at radius 1 is 1.12 bits per heavy atom. The van der Waals surface area contributed by atoms with Crippen molar-refractivity contribution in [3.05, 3.63) is 54.1 Å². The van der Waals surface area contributed by atoms with Crippen LogP contribution in [0.4, 0.5) is 10.5 Å².